The van der Waals surface area contributed by atoms with E-state index in [2.05, 4.69) is 5.10 Å². The molecule has 1 saturated carbocycles. The molecule has 1 aliphatic heterocycles. The third-order valence-corrected chi connectivity index (χ3v) is 6.53. The minimum Gasteiger partial charge on any atom is -0.339 e. The van der Waals surface area contributed by atoms with Crippen molar-refractivity contribution >= 4 is 11.8 Å². The molecule has 3 aromatic rings. The second-order valence-corrected chi connectivity index (χ2v) is 8.51. The van der Waals surface area contributed by atoms with Gasteiger partial charge in [0.1, 0.15) is 5.82 Å². The number of hydrogen-bond donors (Lipinski definition) is 0. The number of halogens is 1. The Morgan fingerprint density at radius 1 is 0.938 bits per heavy atom. The highest BCUT2D eigenvalue weighted by Crippen LogP contribution is 2.48. The van der Waals surface area contributed by atoms with Crippen molar-refractivity contribution in [2.45, 2.75) is 19.3 Å². The van der Waals surface area contributed by atoms with Crippen LogP contribution < -0.4 is 0 Å². The highest BCUT2D eigenvalue weighted by atomic mass is 19.1. The fourth-order valence-corrected chi connectivity index (χ4v) is 4.53. The van der Waals surface area contributed by atoms with Gasteiger partial charge in [-0.15, -0.1) is 0 Å². The summed E-state index contributed by atoms with van der Waals surface area (Å²) in [6.07, 6.45) is 2.43. The van der Waals surface area contributed by atoms with Crippen LogP contribution in [0.5, 0.6) is 0 Å². The van der Waals surface area contributed by atoms with E-state index < -0.39 is 0 Å². The molecule has 6 nitrogen and oxygen atoms in total. The van der Waals surface area contributed by atoms with E-state index in [1.807, 2.05) is 42.2 Å². The fraction of sp³-hybridized carbons (Fsp3) is 0.320. The van der Waals surface area contributed by atoms with Gasteiger partial charge >= 0.3 is 0 Å². The maximum absolute atomic E-state index is 13.1. The molecule has 164 valence electrons. The van der Waals surface area contributed by atoms with Crippen LogP contribution in [0.1, 0.15) is 34.0 Å². The van der Waals surface area contributed by atoms with Crippen LogP contribution in [0.4, 0.5) is 4.39 Å². The summed E-state index contributed by atoms with van der Waals surface area (Å²) in [7, 11) is 0. The summed E-state index contributed by atoms with van der Waals surface area (Å²) in [5.74, 6) is -0.0298. The third kappa shape index (κ3) is 3.79. The van der Waals surface area contributed by atoms with Crippen molar-refractivity contribution < 1.29 is 14.0 Å². The summed E-state index contributed by atoms with van der Waals surface area (Å²) in [5, 5.41) is 4.40. The van der Waals surface area contributed by atoms with Crippen molar-refractivity contribution in [3.63, 3.8) is 0 Å². The van der Waals surface area contributed by atoms with Crippen LogP contribution in [0.15, 0.2) is 60.8 Å². The summed E-state index contributed by atoms with van der Waals surface area (Å²) in [4.78, 5) is 29.7. The van der Waals surface area contributed by atoms with Gasteiger partial charge in [0.2, 0.25) is 5.91 Å². The lowest BCUT2D eigenvalue weighted by molar-refractivity contribution is -0.134. The Balaban J connectivity index is 1.19. The Bertz CT molecular complexity index is 1130. The fourth-order valence-electron chi connectivity index (χ4n) is 4.53. The molecule has 7 heteroatoms. The minimum absolute atomic E-state index is 0.0333. The smallest absolute Gasteiger partial charge is 0.257 e. The Hall–Kier alpha value is -3.48. The highest BCUT2D eigenvalue weighted by molar-refractivity contribution is 5.95. The Labute approximate surface area is 186 Å². The SMILES string of the molecule is Cc1c(C(=O)N2CCN(C(=O)C3CC3c3ccc(F)cc3)CC2)cnn1-c1ccccc1. The minimum atomic E-state index is -0.261. The second kappa shape index (κ2) is 8.22. The van der Waals surface area contributed by atoms with E-state index in [-0.39, 0.29) is 29.5 Å². The van der Waals surface area contributed by atoms with Gasteiger partial charge in [0, 0.05) is 32.1 Å². The van der Waals surface area contributed by atoms with Gasteiger partial charge in [-0.2, -0.15) is 5.10 Å². The quantitative estimate of drug-likeness (QED) is 0.635. The number of carbonyl (C=O) groups excluding carboxylic acids is 2. The van der Waals surface area contributed by atoms with E-state index in [0.717, 1.165) is 23.4 Å². The molecule has 0 radical (unpaired) electrons. The van der Waals surface area contributed by atoms with Gasteiger partial charge in [0.05, 0.1) is 23.1 Å². The lowest BCUT2D eigenvalue weighted by Gasteiger charge is -2.35. The van der Waals surface area contributed by atoms with E-state index in [9.17, 15) is 14.0 Å². The summed E-state index contributed by atoms with van der Waals surface area (Å²) in [5.41, 5.74) is 3.33. The van der Waals surface area contributed by atoms with Crippen molar-refractivity contribution in [3.05, 3.63) is 83.4 Å². The highest BCUT2D eigenvalue weighted by Gasteiger charge is 2.46. The van der Waals surface area contributed by atoms with Crippen LogP contribution in [0, 0.1) is 18.7 Å². The molecule has 2 aliphatic rings. The molecule has 2 unspecified atom stereocenters. The lowest BCUT2D eigenvalue weighted by atomic mass is 10.1. The van der Waals surface area contributed by atoms with Crippen molar-refractivity contribution in [1.82, 2.24) is 19.6 Å². The molecule has 1 saturated heterocycles. The van der Waals surface area contributed by atoms with Crippen molar-refractivity contribution in [2.24, 2.45) is 5.92 Å². The number of hydrogen-bond acceptors (Lipinski definition) is 3. The van der Waals surface area contributed by atoms with Gasteiger partial charge in [0.25, 0.3) is 5.91 Å². The summed E-state index contributed by atoms with van der Waals surface area (Å²) in [6, 6.07) is 16.2. The first kappa shape index (κ1) is 20.4. The monoisotopic (exact) mass is 432 g/mol. The van der Waals surface area contributed by atoms with Gasteiger partial charge in [-0.1, -0.05) is 30.3 Å². The molecule has 2 heterocycles. The molecule has 1 aromatic heterocycles. The largest absolute Gasteiger partial charge is 0.339 e. The lowest BCUT2D eigenvalue weighted by Crippen LogP contribution is -2.51. The first-order valence-electron chi connectivity index (χ1n) is 11.0. The Kier molecular flexibility index (Phi) is 5.25. The standard InChI is InChI=1S/C25H25FN4O2/c1-17-23(16-27-30(17)20-5-3-2-4-6-20)25(32)29-13-11-28(12-14-29)24(31)22-15-21(22)18-7-9-19(26)10-8-18/h2-10,16,21-22H,11-15H2,1H3. The van der Waals surface area contributed by atoms with Crippen molar-refractivity contribution in [2.75, 3.05) is 26.2 Å². The molecular weight excluding hydrogens is 407 g/mol. The first-order chi connectivity index (χ1) is 15.5. The third-order valence-electron chi connectivity index (χ3n) is 6.53. The van der Waals surface area contributed by atoms with Gasteiger partial charge in [-0.3, -0.25) is 9.59 Å². The number of benzene rings is 2. The van der Waals surface area contributed by atoms with E-state index in [1.54, 1.807) is 27.9 Å². The van der Waals surface area contributed by atoms with E-state index in [0.29, 0.717) is 31.7 Å². The normalized spacial score (nSPS) is 20.3. The zero-order valence-electron chi connectivity index (χ0n) is 17.9. The number of carbonyl (C=O) groups is 2. The molecule has 2 atom stereocenters. The van der Waals surface area contributed by atoms with Crippen LogP contribution in [-0.4, -0.2) is 57.6 Å². The number of nitrogens with zero attached hydrogens (tertiary/aromatic N) is 4. The molecule has 2 fully saturated rings. The van der Waals surface area contributed by atoms with Gasteiger partial charge in [-0.05, 0) is 49.1 Å². The molecule has 0 bridgehead atoms. The number of aromatic nitrogens is 2. The zero-order chi connectivity index (χ0) is 22.2. The average molecular weight is 432 g/mol. The maximum atomic E-state index is 13.1. The van der Waals surface area contributed by atoms with Crippen LogP contribution >= 0.6 is 0 Å². The van der Waals surface area contributed by atoms with Crippen LogP contribution in [-0.2, 0) is 4.79 Å². The molecular formula is C25H25FN4O2. The van der Waals surface area contributed by atoms with Crippen LogP contribution in [0.3, 0.4) is 0 Å². The van der Waals surface area contributed by atoms with Gasteiger partial charge < -0.3 is 9.80 Å². The first-order valence-corrected chi connectivity index (χ1v) is 11.0. The summed E-state index contributed by atoms with van der Waals surface area (Å²) >= 11 is 0. The van der Waals surface area contributed by atoms with E-state index in [4.69, 9.17) is 0 Å². The predicted molar refractivity (Wildman–Crippen MR) is 118 cm³/mol. The topological polar surface area (TPSA) is 58.4 Å². The summed E-state index contributed by atoms with van der Waals surface area (Å²) < 4.78 is 14.9. The molecule has 32 heavy (non-hydrogen) atoms. The average Bonchev–Trinajstić information content (AvgIpc) is 3.54. The molecule has 2 amide bonds. The number of piperazine rings is 1. The van der Waals surface area contributed by atoms with E-state index >= 15 is 0 Å². The van der Waals surface area contributed by atoms with Gasteiger partial charge in [0.15, 0.2) is 0 Å². The van der Waals surface area contributed by atoms with E-state index in [1.165, 1.54) is 12.1 Å². The number of para-hydroxylation sites is 1. The predicted octanol–water partition coefficient (Wildman–Crippen LogP) is 3.41. The molecule has 2 aromatic carbocycles. The van der Waals surface area contributed by atoms with Crippen LogP contribution in [0.2, 0.25) is 0 Å². The molecule has 5 rings (SSSR count). The Morgan fingerprint density at radius 3 is 2.28 bits per heavy atom. The van der Waals surface area contributed by atoms with Crippen molar-refractivity contribution in [3.8, 4) is 5.69 Å². The molecule has 0 N–H and O–H groups in total. The number of rotatable bonds is 4. The molecule has 0 spiro atoms. The van der Waals surface area contributed by atoms with Crippen LogP contribution in [0.25, 0.3) is 5.69 Å². The maximum Gasteiger partial charge on any atom is 0.257 e. The molecule has 1 aliphatic carbocycles. The zero-order valence-corrected chi connectivity index (χ0v) is 17.9. The second-order valence-electron chi connectivity index (χ2n) is 8.51. The van der Waals surface area contributed by atoms with Crippen molar-refractivity contribution in [1.29, 1.82) is 0 Å². The van der Waals surface area contributed by atoms with Gasteiger partial charge in [-0.25, -0.2) is 9.07 Å². The Morgan fingerprint density at radius 2 is 1.59 bits per heavy atom. The summed E-state index contributed by atoms with van der Waals surface area (Å²) in [6.45, 7) is 3.98. The number of amides is 2.